The molecule has 0 bridgehead atoms. The summed E-state index contributed by atoms with van der Waals surface area (Å²) in [5, 5.41) is 13.6. The van der Waals surface area contributed by atoms with Crippen LogP contribution in [-0.2, 0) is 14.8 Å². The molecule has 2 N–H and O–H groups in total. The zero-order valence-corrected chi connectivity index (χ0v) is 19.3. The van der Waals surface area contributed by atoms with Gasteiger partial charge in [0.1, 0.15) is 6.54 Å². The number of sulfonamides is 1. The van der Waals surface area contributed by atoms with Crippen molar-refractivity contribution in [1.82, 2.24) is 5.43 Å². The Balaban J connectivity index is 1.84. The number of aromatic hydroxyl groups is 1. The molecule has 0 fully saturated rings. The first kappa shape index (κ1) is 23.8. The lowest BCUT2D eigenvalue weighted by molar-refractivity contribution is -0.119. The molecule has 9 heteroatoms. The highest BCUT2D eigenvalue weighted by Crippen LogP contribution is 2.27. The fourth-order valence-corrected chi connectivity index (χ4v) is 4.58. The minimum absolute atomic E-state index is 0.0196. The number of amides is 1. The van der Waals surface area contributed by atoms with Crippen molar-refractivity contribution in [3.05, 3.63) is 83.4 Å². The summed E-state index contributed by atoms with van der Waals surface area (Å²) in [7, 11) is -2.58. The highest BCUT2D eigenvalue weighted by Gasteiger charge is 2.28. The Morgan fingerprint density at radius 3 is 2.45 bits per heavy atom. The van der Waals surface area contributed by atoms with Gasteiger partial charge in [0, 0.05) is 0 Å². The molecular formula is C24H25N3O5S. The van der Waals surface area contributed by atoms with Crippen molar-refractivity contribution >= 4 is 27.8 Å². The van der Waals surface area contributed by atoms with Crippen molar-refractivity contribution in [2.45, 2.75) is 18.7 Å². The molecule has 8 nitrogen and oxygen atoms in total. The van der Waals surface area contributed by atoms with E-state index in [1.54, 1.807) is 55.5 Å². The number of phenolic OH excluding ortho intramolecular Hbond substituents is 1. The number of anilines is 1. The summed E-state index contributed by atoms with van der Waals surface area (Å²) in [5.41, 5.74) is 4.97. The number of carbonyl (C=O) groups excluding carboxylic acids is 1. The van der Waals surface area contributed by atoms with Crippen LogP contribution in [0.15, 0.2) is 76.7 Å². The third-order valence-corrected chi connectivity index (χ3v) is 6.66. The number of benzene rings is 3. The van der Waals surface area contributed by atoms with E-state index >= 15 is 0 Å². The Morgan fingerprint density at radius 1 is 1.09 bits per heavy atom. The average Bonchev–Trinajstić information content (AvgIpc) is 2.79. The fraction of sp³-hybridized carbons (Fsp3) is 0.167. The summed E-state index contributed by atoms with van der Waals surface area (Å²) in [6, 6.07) is 18.0. The van der Waals surface area contributed by atoms with Gasteiger partial charge in [-0.05, 0) is 61.4 Å². The zero-order chi connectivity index (χ0) is 24.0. The third kappa shape index (κ3) is 5.69. The summed E-state index contributed by atoms with van der Waals surface area (Å²) in [6.45, 7) is 3.18. The molecule has 0 spiro atoms. The second-order valence-corrected chi connectivity index (χ2v) is 9.20. The number of nitrogens with one attached hydrogen (secondary N) is 1. The number of aryl methyl sites for hydroxylation is 2. The van der Waals surface area contributed by atoms with Crippen molar-refractivity contribution in [1.29, 1.82) is 0 Å². The molecule has 0 saturated heterocycles. The summed E-state index contributed by atoms with van der Waals surface area (Å²) < 4.78 is 32.9. The van der Waals surface area contributed by atoms with Gasteiger partial charge in [0.2, 0.25) is 0 Å². The van der Waals surface area contributed by atoms with Crippen molar-refractivity contribution in [3.63, 3.8) is 0 Å². The van der Waals surface area contributed by atoms with Crippen LogP contribution in [0.3, 0.4) is 0 Å². The maximum Gasteiger partial charge on any atom is 0.264 e. The van der Waals surface area contributed by atoms with Gasteiger partial charge < -0.3 is 9.84 Å². The Labute approximate surface area is 193 Å². The first-order chi connectivity index (χ1) is 15.7. The van der Waals surface area contributed by atoms with Crippen LogP contribution in [0.25, 0.3) is 0 Å². The Hall–Kier alpha value is -3.85. The number of nitrogens with zero attached hydrogens (tertiary/aromatic N) is 2. The molecule has 3 aromatic carbocycles. The van der Waals surface area contributed by atoms with E-state index in [0.29, 0.717) is 16.8 Å². The van der Waals surface area contributed by atoms with Gasteiger partial charge in [-0.1, -0.05) is 35.9 Å². The number of carbonyl (C=O) groups is 1. The van der Waals surface area contributed by atoms with Crippen LogP contribution in [-0.4, -0.2) is 39.3 Å². The van der Waals surface area contributed by atoms with Gasteiger partial charge in [0.25, 0.3) is 15.9 Å². The van der Waals surface area contributed by atoms with Gasteiger partial charge >= 0.3 is 0 Å². The predicted molar refractivity (Wildman–Crippen MR) is 127 cm³/mol. The molecule has 0 atom stereocenters. The Morgan fingerprint density at radius 2 is 1.79 bits per heavy atom. The molecule has 0 saturated carbocycles. The molecule has 0 unspecified atom stereocenters. The second kappa shape index (κ2) is 10.2. The number of ether oxygens (including phenoxy) is 1. The molecule has 0 radical (unpaired) electrons. The Bertz CT molecular complexity index is 1270. The zero-order valence-electron chi connectivity index (χ0n) is 18.5. The molecule has 172 valence electrons. The summed E-state index contributed by atoms with van der Waals surface area (Å²) in [5.74, 6) is -0.370. The smallest absolute Gasteiger partial charge is 0.264 e. The highest BCUT2D eigenvalue weighted by atomic mass is 32.2. The maximum atomic E-state index is 13.4. The van der Waals surface area contributed by atoms with Crippen molar-refractivity contribution in [3.8, 4) is 11.5 Å². The molecule has 0 heterocycles. The number of hydrazone groups is 1. The monoisotopic (exact) mass is 467 g/mol. The SMILES string of the molecule is COc1cc(/C=N\NC(=O)CN(c2ccccc2C)S(=O)(=O)c2ccc(C)cc2)ccc1O. The van der Waals surface area contributed by atoms with Crippen LogP contribution in [0.5, 0.6) is 11.5 Å². The first-order valence-electron chi connectivity index (χ1n) is 10.1. The van der Waals surface area contributed by atoms with Crippen LogP contribution in [0.4, 0.5) is 5.69 Å². The quantitative estimate of drug-likeness (QED) is 0.390. The fourth-order valence-electron chi connectivity index (χ4n) is 3.10. The van der Waals surface area contributed by atoms with Crippen LogP contribution >= 0.6 is 0 Å². The average molecular weight is 468 g/mol. The number of hydrogen-bond donors (Lipinski definition) is 2. The van der Waals surface area contributed by atoms with E-state index in [1.165, 1.54) is 31.5 Å². The lowest BCUT2D eigenvalue weighted by Crippen LogP contribution is -2.40. The van der Waals surface area contributed by atoms with Gasteiger partial charge in [-0.25, -0.2) is 13.8 Å². The van der Waals surface area contributed by atoms with Gasteiger partial charge in [-0.2, -0.15) is 5.10 Å². The Kier molecular flexibility index (Phi) is 7.34. The molecule has 0 aromatic heterocycles. The van der Waals surface area contributed by atoms with E-state index in [0.717, 1.165) is 9.87 Å². The van der Waals surface area contributed by atoms with Crippen molar-refractivity contribution in [2.24, 2.45) is 5.10 Å². The van der Waals surface area contributed by atoms with E-state index < -0.39 is 22.5 Å². The number of phenols is 1. The number of methoxy groups -OCH3 is 1. The van der Waals surface area contributed by atoms with E-state index in [9.17, 15) is 18.3 Å². The van der Waals surface area contributed by atoms with Gasteiger partial charge in [-0.15, -0.1) is 0 Å². The number of rotatable bonds is 8. The van der Waals surface area contributed by atoms with Crippen molar-refractivity contribution < 1.29 is 23.1 Å². The molecule has 33 heavy (non-hydrogen) atoms. The highest BCUT2D eigenvalue weighted by molar-refractivity contribution is 7.92. The summed E-state index contributed by atoms with van der Waals surface area (Å²) in [4.78, 5) is 12.7. The summed E-state index contributed by atoms with van der Waals surface area (Å²) in [6.07, 6.45) is 1.37. The molecule has 3 rings (SSSR count). The number of para-hydroxylation sites is 1. The van der Waals surface area contributed by atoms with Crippen LogP contribution in [0.1, 0.15) is 16.7 Å². The van der Waals surface area contributed by atoms with E-state index in [1.807, 2.05) is 6.92 Å². The van der Waals surface area contributed by atoms with Crippen LogP contribution in [0, 0.1) is 13.8 Å². The van der Waals surface area contributed by atoms with E-state index in [2.05, 4.69) is 10.5 Å². The summed E-state index contributed by atoms with van der Waals surface area (Å²) >= 11 is 0. The molecule has 1 amide bonds. The lowest BCUT2D eigenvalue weighted by atomic mass is 10.2. The van der Waals surface area contributed by atoms with E-state index in [4.69, 9.17) is 4.74 Å². The third-order valence-electron chi connectivity index (χ3n) is 4.89. The van der Waals surface area contributed by atoms with Crippen molar-refractivity contribution in [2.75, 3.05) is 18.0 Å². The van der Waals surface area contributed by atoms with Crippen LogP contribution in [0.2, 0.25) is 0 Å². The first-order valence-corrected chi connectivity index (χ1v) is 11.5. The minimum atomic E-state index is -4.00. The topological polar surface area (TPSA) is 108 Å². The van der Waals surface area contributed by atoms with Gasteiger partial charge in [-0.3, -0.25) is 9.10 Å². The largest absolute Gasteiger partial charge is 0.504 e. The molecule has 0 aliphatic heterocycles. The normalized spacial score (nSPS) is 11.4. The minimum Gasteiger partial charge on any atom is -0.504 e. The van der Waals surface area contributed by atoms with Crippen LogP contribution < -0.4 is 14.5 Å². The molecule has 0 aliphatic rings. The predicted octanol–water partition coefficient (Wildman–Crippen LogP) is 3.36. The van der Waals surface area contributed by atoms with E-state index in [-0.39, 0.29) is 16.4 Å². The molecule has 3 aromatic rings. The molecular weight excluding hydrogens is 442 g/mol. The van der Waals surface area contributed by atoms with Gasteiger partial charge in [0.05, 0.1) is 23.9 Å². The second-order valence-electron chi connectivity index (χ2n) is 7.34. The van der Waals surface area contributed by atoms with Gasteiger partial charge in [0.15, 0.2) is 11.5 Å². The lowest BCUT2D eigenvalue weighted by Gasteiger charge is -2.25. The maximum absolute atomic E-state index is 13.4. The number of hydrogen-bond acceptors (Lipinski definition) is 6. The standard InChI is InChI=1S/C24H25N3O5S/c1-17-8-11-20(12-9-17)33(30,31)27(21-7-5-4-6-18(21)2)16-24(29)26-25-15-19-10-13-22(28)23(14-19)32-3/h4-15,28H,16H2,1-3H3,(H,26,29)/b25-15-. The molecule has 0 aliphatic carbocycles.